The van der Waals surface area contributed by atoms with E-state index in [9.17, 15) is 13.2 Å². The van der Waals surface area contributed by atoms with Crippen LogP contribution >= 0.6 is 0 Å². The number of ether oxygens (including phenoxy) is 1. The summed E-state index contributed by atoms with van der Waals surface area (Å²) in [6.07, 6.45) is 0.537. The largest absolute Gasteiger partial charge is 0.573 e. The summed E-state index contributed by atoms with van der Waals surface area (Å²) in [7, 11) is 0. The van der Waals surface area contributed by atoms with Crippen molar-refractivity contribution in [2.45, 2.75) is 25.9 Å². The maximum Gasteiger partial charge on any atom is 0.573 e. The standard InChI is InChI=1S/C20H20F3N5O/c1-14-11-28(16-2-4-17(5-3-16)29-20(21,22)23)13-27(14)12-15-6-7-24-18(10-15)19-25-8-9-26-19/h2-10,14H,11-13H2,1H3,(H,25,26). The summed E-state index contributed by atoms with van der Waals surface area (Å²) in [6, 6.07) is 10.3. The Morgan fingerprint density at radius 2 is 1.93 bits per heavy atom. The minimum Gasteiger partial charge on any atom is -0.406 e. The molecule has 3 aromatic rings. The van der Waals surface area contributed by atoms with E-state index in [0.29, 0.717) is 12.7 Å². The smallest absolute Gasteiger partial charge is 0.406 e. The third-order valence-electron chi connectivity index (χ3n) is 4.85. The number of anilines is 1. The molecule has 0 spiro atoms. The van der Waals surface area contributed by atoms with Gasteiger partial charge < -0.3 is 14.6 Å². The molecule has 1 aliphatic rings. The van der Waals surface area contributed by atoms with Gasteiger partial charge in [-0.1, -0.05) is 0 Å². The Balaban J connectivity index is 1.42. The van der Waals surface area contributed by atoms with Crippen molar-refractivity contribution in [3.63, 3.8) is 0 Å². The summed E-state index contributed by atoms with van der Waals surface area (Å²) >= 11 is 0. The first-order valence-electron chi connectivity index (χ1n) is 9.17. The van der Waals surface area contributed by atoms with Gasteiger partial charge in [0.2, 0.25) is 0 Å². The lowest BCUT2D eigenvalue weighted by atomic mass is 10.2. The molecule has 1 saturated heterocycles. The van der Waals surface area contributed by atoms with Gasteiger partial charge in [0.15, 0.2) is 5.82 Å². The summed E-state index contributed by atoms with van der Waals surface area (Å²) in [5.74, 6) is 0.511. The number of alkyl halides is 3. The molecule has 2 aromatic heterocycles. The minimum atomic E-state index is -4.68. The highest BCUT2D eigenvalue weighted by Gasteiger charge is 2.31. The molecule has 1 N–H and O–H groups in total. The number of H-pyrrole nitrogens is 1. The molecule has 9 heteroatoms. The van der Waals surface area contributed by atoms with Gasteiger partial charge in [0.1, 0.15) is 11.4 Å². The number of pyridine rings is 1. The van der Waals surface area contributed by atoms with Crippen LogP contribution in [-0.2, 0) is 6.54 Å². The van der Waals surface area contributed by atoms with Gasteiger partial charge in [-0.15, -0.1) is 13.2 Å². The maximum atomic E-state index is 12.3. The molecule has 0 aliphatic carbocycles. The Morgan fingerprint density at radius 3 is 2.62 bits per heavy atom. The zero-order valence-corrected chi connectivity index (χ0v) is 15.7. The molecule has 1 aliphatic heterocycles. The van der Waals surface area contributed by atoms with Gasteiger partial charge in [-0.2, -0.15) is 0 Å². The summed E-state index contributed by atoms with van der Waals surface area (Å²) in [5, 5.41) is 0. The van der Waals surface area contributed by atoms with Crippen LogP contribution in [0.3, 0.4) is 0 Å². The van der Waals surface area contributed by atoms with E-state index in [1.807, 2.05) is 12.1 Å². The summed E-state index contributed by atoms with van der Waals surface area (Å²) in [6.45, 7) is 4.34. The fourth-order valence-corrected chi connectivity index (χ4v) is 3.44. The molecule has 0 bridgehead atoms. The number of nitrogens with zero attached hydrogens (tertiary/aromatic N) is 4. The van der Waals surface area contributed by atoms with E-state index in [2.05, 4.69) is 36.4 Å². The van der Waals surface area contributed by atoms with Crippen molar-refractivity contribution in [3.05, 3.63) is 60.6 Å². The second kappa shape index (κ2) is 7.75. The molecular formula is C20H20F3N5O. The minimum absolute atomic E-state index is 0.215. The van der Waals surface area contributed by atoms with Crippen molar-refractivity contribution < 1.29 is 17.9 Å². The summed E-state index contributed by atoms with van der Waals surface area (Å²) in [4.78, 5) is 16.1. The van der Waals surface area contributed by atoms with Gasteiger partial charge >= 0.3 is 6.36 Å². The second-order valence-electron chi connectivity index (χ2n) is 6.99. The Bertz CT molecular complexity index is 944. The number of hydrogen-bond acceptors (Lipinski definition) is 5. The highest BCUT2D eigenvalue weighted by Crippen LogP contribution is 2.28. The van der Waals surface area contributed by atoms with Gasteiger partial charge in [0, 0.05) is 43.4 Å². The molecular weight excluding hydrogens is 383 g/mol. The lowest BCUT2D eigenvalue weighted by Crippen LogP contribution is -2.28. The van der Waals surface area contributed by atoms with Crippen molar-refractivity contribution in [2.24, 2.45) is 0 Å². The fraction of sp³-hybridized carbons (Fsp3) is 0.300. The molecule has 1 atom stereocenters. The Morgan fingerprint density at radius 1 is 1.14 bits per heavy atom. The molecule has 0 saturated carbocycles. The number of halogens is 3. The monoisotopic (exact) mass is 403 g/mol. The fourth-order valence-electron chi connectivity index (χ4n) is 3.44. The van der Waals surface area contributed by atoms with E-state index in [1.54, 1.807) is 30.7 Å². The number of rotatable bonds is 5. The third kappa shape index (κ3) is 4.68. The maximum absolute atomic E-state index is 12.3. The number of aromatic nitrogens is 3. The van der Waals surface area contributed by atoms with Crippen LogP contribution in [0.25, 0.3) is 11.5 Å². The van der Waals surface area contributed by atoms with E-state index in [1.165, 1.54) is 12.1 Å². The normalized spacial score (nSPS) is 17.7. The lowest BCUT2D eigenvalue weighted by molar-refractivity contribution is -0.274. The zero-order chi connectivity index (χ0) is 20.4. The van der Waals surface area contributed by atoms with Crippen molar-refractivity contribution in [2.75, 3.05) is 18.1 Å². The van der Waals surface area contributed by atoms with Crippen LogP contribution in [-0.4, -0.2) is 45.5 Å². The topological polar surface area (TPSA) is 57.3 Å². The van der Waals surface area contributed by atoms with E-state index in [-0.39, 0.29) is 5.75 Å². The summed E-state index contributed by atoms with van der Waals surface area (Å²) < 4.78 is 40.9. The number of imidazole rings is 1. The first-order chi connectivity index (χ1) is 13.9. The van der Waals surface area contributed by atoms with Gasteiger partial charge in [-0.25, -0.2) is 4.98 Å². The predicted molar refractivity (Wildman–Crippen MR) is 102 cm³/mol. The van der Waals surface area contributed by atoms with Crippen LogP contribution in [0.15, 0.2) is 55.0 Å². The van der Waals surface area contributed by atoms with Crippen molar-refractivity contribution >= 4 is 5.69 Å². The number of hydrogen-bond donors (Lipinski definition) is 1. The SMILES string of the molecule is CC1CN(c2ccc(OC(F)(F)F)cc2)CN1Cc1ccnc(-c2ncc[nH]2)c1. The van der Waals surface area contributed by atoms with E-state index in [4.69, 9.17) is 0 Å². The molecule has 29 heavy (non-hydrogen) atoms. The van der Waals surface area contributed by atoms with Crippen LogP contribution in [0.1, 0.15) is 12.5 Å². The number of aromatic amines is 1. The van der Waals surface area contributed by atoms with E-state index >= 15 is 0 Å². The predicted octanol–water partition coefficient (Wildman–Crippen LogP) is 4.04. The van der Waals surface area contributed by atoms with E-state index < -0.39 is 6.36 Å². The molecule has 0 radical (unpaired) electrons. The molecule has 4 rings (SSSR count). The molecule has 3 heterocycles. The quantitative estimate of drug-likeness (QED) is 0.697. The number of nitrogens with one attached hydrogen (secondary N) is 1. The molecule has 1 fully saturated rings. The highest BCUT2D eigenvalue weighted by molar-refractivity contribution is 5.51. The average molecular weight is 403 g/mol. The van der Waals surface area contributed by atoms with Crippen LogP contribution in [0.2, 0.25) is 0 Å². The Hall–Kier alpha value is -3.07. The van der Waals surface area contributed by atoms with Gasteiger partial charge in [-0.3, -0.25) is 9.88 Å². The average Bonchev–Trinajstić information content (AvgIpc) is 3.32. The zero-order valence-electron chi connectivity index (χ0n) is 15.7. The van der Waals surface area contributed by atoms with Crippen molar-refractivity contribution in [1.82, 2.24) is 19.9 Å². The van der Waals surface area contributed by atoms with Gasteiger partial charge in [0.25, 0.3) is 0 Å². The third-order valence-corrected chi connectivity index (χ3v) is 4.85. The lowest BCUT2D eigenvalue weighted by Gasteiger charge is -2.21. The molecule has 0 amide bonds. The summed E-state index contributed by atoms with van der Waals surface area (Å²) in [5.41, 5.74) is 2.77. The van der Waals surface area contributed by atoms with Gasteiger partial charge in [-0.05, 0) is 48.9 Å². The number of benzene rings is 1. The van der Waals surface area contributed by atoms with Crippen molar-refractivity contribution in [3.8, 4) is 17.3 Å². The first kappa shape index (κ1) is 19.3. The first-order valence-corrected chi connectivity index (χ1v) is 9.17. The molecule has 1 aromatic carbocycles. The van der Waals surface area contributed by atoms with Gasteiger partial charge in [0.05, 0.1) is 6.67 Å². The Kier molecular flexibility index (Phi) is 5.14. The highest BCUT2D eigenvalue weighted by atomic mass is 19.4. The van der Waals surface area contributed by atoms with Crippen LogP contribution in [0, 0.1) is 0 Å². The van der Waals surface area contributed by atoms with Crippen molar-refractivity contribution in [1.29, 1.82) is 0 Å². The molecule has 6 nitrogen and oxygen atoms in total. The Labute approximate surface area is 166 Å². The van der Waals surface area contributed by atoms with Crippen LogP contribution in [0.5, 0.6) is 5.75 Å². The van der Waals surface area contributed by atoms with E-state index in [0.717, 1.165) is 35.9 Å². The van der Waals surface area contributed by atoms with Crippen LogP contribution in [0.4, 0.5) is 18.9 Å². The molecule has 1 unspecified atom stereocenters. The second-order valence-corrected chi connectivity index (χ2v) is 6.99. The molecule has 152 valence electrons. The van der Waals surface area contributed by atoms with Crippen LogP contribution < -0.4 is 9.64 Å².